The molecule has 1 aromatic heterocycles. The number of nitrogens with zero attached hydrogens (tertiary/aromatic N) is 2. The number of sulfonamides is 1. The molecule has 1 heterocycles. The molecule has 0 saturated heterocycles. The number of rotatable bonds is 5. The summed E-state index contributed by atoms with van der Waals surface area (Å²) >= 11 is 0. The summed E-state index contributed by atoms with van der Waals surface area (Å²) in [6.07, 6.45) is 1.12. The molecule has 0 bridgehead atoms. The summed E-state index contributed by atoms with van der Waals surface area (Å²) in [6, 6.07) is 16.8. The molecule has 0 unspecified atom stereocenters. The van der Waals surface area contributed by atoms with E-state index in [0.717, 1.165) is 34.6 Å². The molecule has 2 aromatic carbocycles. The third-order valence-corrected chi connectivity index (χ3v) is 4.24. The van der Waals surface area contributed by atoms with Crippen LogP contribution in [0.5, 0.6) is 5.75 Å². The highest BCUT2D eigenvalue weighted by molar-refractivity contribution is 7.92. The molecule has 0 aliphatic carbocycles. The molecule has 3 aromatic rings. The van der Waals surface area contributed by atoms with Gasteiger partial charge in [0.2, 0.25) is 10.0 Å². The average Bonchev–Trinajstić information content (AvgIpc) is 2.96. The molecule has 0 amide bonds. The first-order chi connectivity index (χ1) is 11.9. The lowest BCUT2D eigenvalue weighted by molar-refractivity contribution is 0.415. The van der Waals surface area contributed by atoms with Gasteiger partial charge in [0, 0.05) is 11.3 Å². The second kappa shape index (κ2) is 6.60. The lowest BCUT2D eigenvalue weighted by Crippen LogP contribution is -2.09. The van der Waals surface area contributed by atoms with Crippen LogP contribution in [-0.4, -0.2) is 31.6 Å². The number of methoxy groups -OCH3 is 1. The van der Waals surface area contributed by atoms with E-state index in [4.69, 9.17) is 4.74 Å². The number of aromatic nitrogens is 2. The summed E-state index contributed by atoms with van der Waals surface area (Å²) < 4.78 is 32.1. The van der Waals surface area contributed by atoms with E-state index in [9.17, 15) is 8.42 Å². The number of hydrogen-bond acceptors (Lipinski definition) is 4. The minimum Gasteiger partial charge on any atom is -0.497 e. The van der Waals surface area contributed by atoms with Crippen LogP contribution in [0.15, 0.2) is 54.6 Å². The number of benzene rings is 2. The van der Waals surface area contributed by atoms with Crippen molar-refractivity contribution in [3.63, 3.8) is 0 Å². The minimum absolute atomic E-state index is 0.515. The van der Waals surface area contributed by atoms with Crippen molar-refractivity contribution in [3.05, 3.63) is 60.3 Å². The zero-order valence-electron chi connectivity index (χ0n) is 14.2. The fourth-order valence-electron chi connectivity index (χ4n) is 2.55. The summed E-state index contributed by atoms with van der Waals surface area (Å²) in [7, 11) is -1.66. The Kier molecular flexibility index (Phi) is 4.50. The summed E-state index contributed by atoms with van der Waals surface area (Å²) in [5.74, 6) is 0.794. The molecule has 0 aliphatic heterocycles. The average molecular weight is 357 g/mol. The summed E-state index contributed by atoms with van der Waals surface area (Å²) in [4.78, 5) is 0. The van der Waals surface area contributed by atoms with Gasteiger partial charge in [-0.2, -0.15) is 5.10 Å². The summed E-state index contributed by atoms with van der Waals surface area (Å²) in [5.41, 5.74) is 4.21. The van der Waals surface area contributed by atoms with Gasteiger partial charge in [-0.25, -0.2) is 13.1 Å². The van der Waals surface area contributed by atoms with Crippen molar-refractivity contribution < 1.29 is 13.2 Å². The summed E-state index contributed by atoms with van der Waals surface area (Å²) in [5, 5.41) is 4.55. The first-order valence-corrected chi connectivity index (χ1v) is 9.54. The SMILES string of the molecule is COc1ccc(-c2cc(C)nn2-c2ccc(NS(C)(=O)=O)cc2)cc1. The zero-order valence-corrected chi connectivity index (χ0v) is 15.0. The molecule has 0 fully saturated rings. The molecular weight excluding hydrogens is 338 g/mol. The largest absolute Gasteiger partial charge is 0.497 e. The van der Waals surface area contributed by atoms with E-state index in [1.807, 2.05) is 54.1 Å². The van der Waals surface area contributed by atoms with Gasteiger partial charge in [-0.1, -0.05) is 0 Å². The van der Waals surface area contributed by atoms with Crippen LogP contribution in [-0.2, 0) is 10.0 Å². The third kappa shape index (κ3) is 4.00. The molecule has 0 spiro atoms. The van der Waals surface area contributed by atoms with Gasteiger partial charge in [-0.05, 0) is 61.5 Å². The molecule has 1 N–H and O–H groups in total. The van der Waals surface area contributed by atoms with Crippen molar-refractivity contribution in [2.24, 2.45) is 0 Å². The predicted molar refractivity (Wildman–Crippen MR) is 98.8 cm³/mol. The van der Waals surface area contributed by atoms with Crippen LogP contribution in [0.1, 0.15) is 5.69 Å². The standard InChI is InChI=1S/C18H19N3O3S/c1-13-12-18(14-4-10-17(24-2)11-5-14)21(19-13)16-8-6-15(7-9-16)20-25(3,22)23/h4-12,20H,1-3H3. The van der Waals surface area contributed by atoms with Crippen LogP contribution in [0, 0.1) is 6.92 Å². The molecule has 0 aliphatic rings. The van der Waals surface area contributed by atoms with Gasteiger partial charge < -0.3 is 4.74 Å². The van der Waals surface area contributed by atoms with Gasteiger partial charge >= 0.3 is 0 Å². The minimum atomic E-state index is -3.29. The predicted octanol–water partition coefficient (Wildman–Crippen LogP) is 3.23. The van der Waals surface area contributed by atoms with Gasteiger partial charge in [0.15, 0.2) is 0 Å². The Hall–Kier alpha value is -2.80. The van der Waals surface area contributed by atoms with Crippen LogP contribution in [0.2, 0.25) is 0 Å². The lowest BCUT2D eigenvalue weighted by Gasteiger charge is -2.10. The molecule has 0 atom stereocenters. The van der Waals surface area contributed by atoms with Crippen LogP contribution >= 0.6 is 0 Å². The molecule has 6 nitrogen and oxygen atoms in total. The maximum absolute atomic E-state index is 11.3. The van der Waals surface area contributed by atoms with Crippen LogP contribution in [0.4, 0.5) is 5.69 Å². The van der Waals surface area contributed by atoms with Crippen molar-refractivity contribution in [2.45, 2.75) is 6.92 Å². The molecule has 3 rings (SSSR count). The molecule has 0 saturated carbocycles. The maximum Gasteiger partial charge on any atom is 0.229 e. The highest BCUT2D eigenvalue weighted by atomic mass is 32.2. The van der Waals surface area contributed by atoms with E-state index in [0.29, 0.717) is 5.69 Å². The summed E-state index contributed by atoms with van der Waals surface area (Å²) in [6.45, 7) is 1.93. The second-order valence-corrected chi connectivity index (χ2v) is 7.48. The maximum atomic E-state index is 11.3. The van der Waals surface area contributed by atoms with E-state index in [2.05, 4.69) is 9.82 Å². The second-order valence-electron chi connectivity index (χ2n) is 5.73. The van der Waals surface area contributed by atoms with E-state index < -0.39 is 10.0 Å². The highest BCUT2D eigenvalue weighted by Gasteiger charge is 2.11. The van der Waals surface area contributed by atoms with Crippen LogP contribution in [0.25, 0.3) is 16.9 Å². The monoisotopic (exact) mass is 357 g/mol. The van der Waals surface area contributed by atoms with Gasteiger partial charge in [-0.15, -0.1) is 0 Å². The fraction of sp³-hybridized carbons (Fsp3) is 0.167. The number of aryl methyl sites for hydroxylation is 1. The van der Waals surface area contributed by atoms with Gasteiger partial charge in [-0.3, -0.25) is 4.72 Å². The Bertz CT molecular complexity index is 975. The number of hydrogen-bond donors (Lipinski definition) is 1. The lowest BCUT2D eigenvalue weighted by atomic mass is 10.1. The van der Waals surface area contributed by atoms with Crippen molar-refractivity contribution in [1.82, 2.24) is 9.78 Å². The smallest absolute Gasteiger partial charge is 0.229 e. The Morgan fingerprint density at radius 1 is 1.04 bits per heavy atom. The van der Waals surface area contributed by atoms with Crippen molar-refractivity contribution in [3.8, 4) is 22.7 Å². The van der Waals surface area contributed by atoms with Crippen molar-refractivity contribution in [2.75, 3.05) is 18.1 Å². The van der Waals surface area contributed by atoms with E-state index in [-0.39, 0.29) is 0 Å². The normalized spacial score (nSPS) is 11.3. The Labute approximate surface area is 147 Å². The molecular formula is C18H19N3O3S. The first kappa shape index (κ1) is 17.0. The van der Waals surface area contributed by atoms with Gasteiger partial charge in [0.25, 0.3) is 0 Å². The van der Waals surface area contributed by atoms with Crippen LogP contribution in [0.3, 0.4) is 0 Å². The quantitative estimate of drug-likeness (QED) is 0.761. The zero-order chi connectivity index (χ0) is 18.0. The van der Waals surface area contributed by atoms with Crippen molar-refractivity contribution >= 4 is 15.7 Å². The number of anilines is 1. The Morgan fingerprint density at radius 2 is 1.68 bits per heavy atom. The Morgan fingerprint density at radius 3 is 2.24 bits per heavy atom. The molecule has 0 radical (unpaired) electrons. The van der Waals surface area contributed by atoms with E-state index in [1.54, 1.807) is 19.2 Å². The van der Waals surface area contributed by atoms with Gasteiger partial charge in [0.05, 0.1) is 30.4 Å². The highest BCUT2D eigenvalue weighted by Crippen LogP contribution is 2.26. The molecule has 25 heavy (non-hydrogen) atoms. The molecule has 130 valence electrons. The van der Waals surface area contributed by atoms with Crippen molar-refractivity contribution in [1.29, 1.82) is 0 Å². The Balaban J connectivity index is 1.97. The van der Waals surface area contributed by atoms with E-state index in [1.165, 1.54) is 0 Å². The molecule has 7 heteroatoms. The van der Waals surface area contributed by atoms with Crippen LogP contribution < -0.4 is 9.46 Å². The topological polar surface area (TPSA) is 73.2 Å². The van der Waals surface area contributed by atoms with E-state index >= 15 is 0 Å². The fourth-order valence-corrected chi connectivity index (χ4v) is 3.11. The van der Waals surface area contributed by atoms with Gasteiger partial charge in [0.1, 0.15) is 5.75 Å². The first-order valence-electron chi connectivity index (χ1n) is 7.65. The third-order valence-electron chi connectivity index (χ3n) is 3.63. The number of ether oxygens (including phenoxy) is 1. The number of nitrogens with one attached hydrogen (secondary N) is 1.